The van der Waals surface area contributed by atoms with Gasteiger partial charge < -0.3 is 19.5 Å². The minimum Gasteiger partial charge on any atom is -0.454 e. The normalized spacial score (nSPS) is 12.2. The van der Waals surface area contributed by atoms with Gasteiger partial charge in [-0.2, -0.15) is 0 Å². The van der Waals surface area contributed by atoms with Crippen molar-refractivity contribution in [3.05, 3.63) is 90.0 Å². The summed E-state index contributed by atoms with van der Waals surface area (Å²) >= 11 is 0. The number of hydrogen-bond donors (Lipinski definition) is 1. The molecule has 0 spiro atoms. The van der Waals surface area contributed by atoms with Crippen LogP contribution in [-0.4, -0.2) is 19.3 Å². The molecule has 0 aliphatic carbocycles. The number of ether oxygens (including phenoxy) is 3. The number of hydrogen-bond acceptors (Lipinski definition) is 4. The number of amides is 1. The molecule has 0 bridgehead atoms. The summed E-state index contributed by atoms with van der Waals surface area (Å²) in [5.41, 5.74) is 2.64. The maximum Gasteiger partial charge on any atom is 0.250 e. The van der Waals surface area contributed by atoms with E-state index in [1.165, 1.54) is 0 Å². The molecule has 1 heterocycles. The monoisotopic (exact) mass is 361 g/mol. The average molecular weight is 361 g/mol. The Balaban J connectivity index is 1.44. The van der Waals surface area contributed by atoms with Crippen molar-refractivity contribution in [1.82, 2.24) is 0 Å². The summed E-state index contributed by atoms with van der Waals surface area (Å²) in [6.45, 7) is 0.134. The number of carbonyl (C=O) groups is 1. The van der Waals surface area contributed by atoms with E-state index in [0.29, 0.717) is 17.2 Å². The lowest BCUT2D eigenvalue weighted by Crippen LogP contribution is -2.20. The van der Waals surface area contributed by atoms with Crippen molar-refractivity contribution in [3.63, 3.8) is 0 Å². The first-order valence-corrected chi connectivity index (χ1v) is 8.70. The van der Waals surface area contributed by atoms with Crippen LogP contribution in [-0.2, 0) is 9.53 Å². The second-order valence-electron chi connectivity index (χ2n) is 6.13. The van der Waals surface area contributed by atoms with Crippen molar-refractivity contribution >= 4 is 11.6 Å². The lowest BCUT2D eigenvalue weighted by Gasteiger charge is -2.19. The van der Waals surface area contributed by atoms with E-state index in [9.17, 15) is 4.79 Å². The first-order valence-electron chi connectivity index (χ1n) is 8.70. The minimum absolute atomic E-state index is 0.0666. The molecule has 0 radical (unpaired) electrons. The molecule has 3 aromatic carbocycles. The molecule has 0 saturated carbocycles. The van der Waals surface area contributed by atoms with Crippen molar-refractivity contribution in [2.75, 3.05) is 18.7 Å². The molecule has 27 heavy (non-hydrogen) atoms. The highest BCUT2D eigenvalue weighted by Crippen LogP contribution is 2.34. The quantitative estimate of drug-likeness (QED) is 0.716. The highest BCUT2D eigenvalue weighted by atomic mass is 16.7. The maximum atomic E-state index is 12.4. The molecular weight excluding hydrogens is 342 g/mol. The standard InChI is InChI=1S/C22H19NO4/c24-21(23-18-11-12-19-20(13-18)27-15-26-19)14-25-22(16-7-3-1-4-8-16)17-9-5-2-6-10-17/h1-13,22H,14-15H2,(H,23,24). The van der Waals surface area contributed by atoms with Gasteiger partial charge in [-0.15, -0.1) is 0 Å². The third-order valence-corrected chi connectivity index (χ3v) is 4.24. The molecular formula is C22H19NO4. The van der Waals surface area contributed by atoms with Gasteiger partial charge in [0, 0.05) is 11.8 Å². The molecule has 0 aromatic heterocycles. The second-order valence-corrected chi connectivity index (χ2v) is 6.13. The van der Waals surface area contributed by atoms with Crippen LogP contribution in [0.15, 0.2) is 78.9 Å². The van der Waals surface area contributed by atoms with Gasteiger partial charge in [0.05, 0.1) is 0 Å². The zero-order valence-corrected chi connectivity index (χ0v) is 14.6. The van der Waals surface area contributed by atoms with E-state index in [4.69, 9.17) is 14.2 Å². The van der Waals surface area contributed by atoms with Gasteiger partial charge in [-0.25, -0.2) is 0 Å². The van der Waals surface area contributed by atoms with Crippen LogP contribution in [0.2, 0.25) is 0 Å². The Labute approximate surface area is 157 Å². The summed E-state index contributed by atoms with van der Waals surface area (Å²) in [6.07, 6.45) is -0.310. The van der Waals surface area contributed by atoms with Crippen molar-refractivity contribution in [2.24, 2.45) is 0 Å². The Bertz CT molecular complexity index is 873. The highest BCUT2D eigenvalue weighted by molar-refractivity contribution is 5.92. The topological polar surface area (TPSA) is 56.8 Å². The van der Waals surface area contributed by atoms with E-state index in [1.54, 1.807) is 18.2 Å². The molecule has 1 amide bonds. The van der Waals surface area contributed by atoms with Crippen LogP contribution in [0.1, 0.15) is 17.2 Å². The second kappa shape index (κ2) is 7.93. The predicted molar refractivity (Wildman–Crippen MR) is 102 cm³/mol. The van der Waals surface area contributed by atoms with Gasteiger partial charge in [0.25, 0.3) is 0 Å². The van der Waals surface area contributed by atoms with E-state index in [0.717, 1.165) is 11.1 Å². The summed E-state index contributed by atoms with van der Waals surface area (Å²) in [6, 6.07) is 25.0. The Kier molecular flexibility index (Phi) is 5.03. The average Bonchev–Trinajstić information content (AvgIpc) is 3.18. The molecule has 0 atom stereocenters. The third-order valence-electron chi connectivity index (χ3n) is 4.24. The molecule has 3 aromatic rings. The molecule has 1 aliphatic rings. The number of rotatable bonds is 6. The van der Waals surface area contributed by atoms with Crippen molar-refractivity contribution in [1.29, 1.82) is 0 Å². The van der Waals surface area contributed by atoms with Crippen LogP contribution < -0.4 is 14.8 Å². The van der Waals surface area contributed by atoms with Gasteiger partial charge in [0.2, 0.25) is 12.7 Å². The van der Waals surface area contributed by atoms with Crippen LogP contribution in [0, 0.1) is 0 Å². The fraction of sp³-hybridized carbons (Fsp3) is 0.136. The highest BCUT2D eigenvalue weighted by Gasteiger charge is 2.17. The first-order chi connectivity index (χ1) is 13.3. The van der Waals surface area contributed by atoms with Crippen LogP contribution in [0.25, 0.3) is 0 Å². The van der Waals surface area contributed by atoms with E-state index >= 15 is 0 Å². The van der Waals surface area contributed by atoms with Gasteiger partial charge in [0.15, 0.2) is 11.5 Å². The smallest absolute Gasteiger partial charge is 0.250 e. The fourth-order valence-corrected chi connectivity index (χ4v) is 2.97. The molecule has 0 unspecified atom stereocenters. The van der Waals surface area contributed by atoms with Gasteiger partial charge >= 0.3 is 0 Å². The lowest BCUT2D eigenvalue weighted by molar-refractivity contribution is -0.121. The first kappa shape index (κ1) is 17.1. The molecule has 5 heteroatoms. The Hall–Kier alpha value is -3.31. The molecule has 0 fully saturated rings. The number of fused-ring (bicyclic) bond motifs is 1. The van der Waals surface area contributed by atoms with E-state index < -0.39 is 0 Å². The van der Waals surface area contributed by atoms with Gasteiger partial charge in [0.1, 0.15) is 12.7 Å². The zero-order chi connectivity index (χ0) is 18.5. The van der Waals surface area contributed by atoms with E-state index in [-0.39, 0.29) is 25.4 Å². The van der Waals surface area contributed by atoms with Gasteiger partial charge in [-0.1, -0.05) is 60.7 Å². The van der Waals surface area contributed by atoms with Crippen molar-refractivity contribution in [2.45, 2.75) is 6.10 Å². The predicted octanol–water partition coefficient (Wildman–Crippen LogP) is 4.16. The molecule has 136 valence electrons. The Morgan fingerprint density at radius 2 is 1.52 bits per heavy atom. The van der Waals surface area contributed by atoms with Crippen LogP contribution in [0.3, 0.4) is 0 Å². The van der Waals surface area contributed by atoms with Gasteiger partial charge in [-0.05, 0) is 23.3 Å². The number of carbonyl (C=O) groups excluding carboxylic acids is 1. The summed E-state index contributed by atoms with van der Waals surface area (Å²) in [7, 11) is 0. The summed E-state index contributed by atoms with van der Waals surface area (Å²) < 4.78 is 16.6. The number of benzene rings is 3. The summed E-state index contributed by atoms with van der Waals surface area (Å²) in [5.74, 6) is 1.07. The van der Waals surface area contributed by atoms with Gasteiger partial charge in [-0.3, -0.25) is 4.79 Å². The zero-order valence-electron chi connectivity index (χ0n) is 14.6. The SMILES string of the molecule is O=C(COC(c1ccccc1)c1ccccc1)Nc1ccc2c(c1)OCO2. The van der Waals surface area contributed by atoms with Crippen LogP contribution in [0.4, 0.5) is 5.69 Å². The van der Waals surface area contributed by atoms with Crippen LogP contribution >= 0.6 is 0 Å². The number of anilines is 1. The van der Waals surface area contributed by atoms with Crippen molar-refractivity contribution in [3.8, 4) is 11.5 Å². The largest absolute Gasteiger partial charge is 0.454 e. The maximum absolute atomic E-state index is 12.4. The lowest BCUT2D eigenvalue weighted by atomic mass is 10.0. The number of nitrogens with one attached hydrogen (secondary N) is 1. The van der Waals surface area contributed by atoms with E-state index in [2.05, 4.69) is 5.32 Å². The minimum atomic E-state index is -0.310. The summed E-state index contributed by atoms with van der Waals surface area (Å²) in [4.78, 5) is 12.4. The summed E-state index contributed by atoms with van der Waals surface area (Å²) in [5, 5.41) is 2.83. The molecule has 5 nitrogen and oxygen atoms in total. The van der Waals surface area contributed by atoms with Crippen LogP contribution in [0.5, 0.6) is 11.5 Å². The van der Waals surface area contributed by atoms with Crippen molar-refractivity contribution < 1.29 is 19.0 Å². The fourth-order valence-electron chi connectivity index (χ4n) is 2.97. The molecule has 4 rings (SSSR count). The third kappa shape index (κ3) is 4.10. The molecule has 1 aliphatic heterocycles. The van der Waals surface area contributed by atoms with E-state index in [1.807, 2.05) is 60.7 Å². The Morgan fingerprint density at radius 1 is 0.889 bits per heavy atom. The Morgan fingerprint density at radius 3 is 2.19 bits per heavy atom. The molecule has 1 N–H and O–H groups in total. The molecule has 0 saturated heterocycles.